The molecule has 0 saturated heterocycles. The molecular weight excluding hydrogens is 224 g/mol. The van der Waals surface area contributed by atoms with Crippen LogP contribution in [0.3, 0.4) is 0 Å². The van der Waals surface area contributed by atoms with Crippen LogP contribution in [0.15, 0.2) is 0 Å². The van der Waals surface area contributed by atoms with Gasteiger partial charge in [0, 0.05) is 17.5 Å². The minimum atomic E-state index is -0.233. The first-order valence-corrected chi connectivity index (χ1v) is 6.97. The van der Waals surface area contributed by atoms with Gasteiger partial charge >= 0.3 is 0 Å². The summed E-state index contributed by atoms with van der Waals surface area (Å²) in [4.78, 5) is 12.1. The highest BCUT2D eigenvalue weighted by Gasteiger charge is 2.29. The minimum absolute atomic E-state index is 0.0649. The summed E-state index contributed by atoms with van der Waals surface area (Å²) in [6.07, 6.45) is 3.44. The summed E-state index contributed by atoms with van der Waals surface area (Å²) in [6.45, 7) is 14.5. The number of nitrogens with one attached hydrogen (secondary N) is 1. The molecule has 0 atom stereocenters. The summed E-state index contributed by atoms with van der Waals surface area (Å²) in [5.74, 6) is 0.128. The zero-order chi connectivity index (χ0) is 14.6. The van der Waals surface area contributed by atoms with Gasteiger partial charge in [-0.15, -0.1) is 0 Å². The third kappa shape index (κ3) is 8.51. The molecule has 0 aliphatic rings. The highest BCUT2D eigenvalue weighted by molar-refractivity contribution is 5.77. The normalized spacial score (nSPS) is 13.6. The predicted molar refractivity (Wildman–Crippen MR) is 78.4 cm³/mol. The van der Waals surface area contributed by atoms with Crippen LogP contribution in [-0.2, 0) is 4.79 Å². The first-order chi connectivity index (χ1) is 7.87. The molecule has 108 valence electrons. The lowest BCUT2D eigenvalue weighted by molar-refractivity contribution is -0.124. The van der Waals surface area contributed by atoms with Crippen LogP contribution in [0.5, 0.6) is 0 Å². The summed E-state index contributed by atoms with van der Waals surface area (Å²) in [7, 11) is 0. The SMILES string of the molecule is CCCC(C)(C)NC(=O)CC(C)(C)CC(C)(C)N. The van der Waals surface area contributed by atoms with E-state index in [0.717, 1.165) is 19.3 Å². The molecule has 0 aromatic rings. The first kappa shape index (κ1) is 17.4. The predicted octanol–water partition coefficient (Wildman–Crippen LogP) is 3.23. The lowest BCUT2D eigenvalue weighted by Gasteiger charge is -2.33. The third-order valence-electron chi connectivity index (χ3n) is 2.93. The summed E-state index contributed by atoms with van der Waals surface area (Å²) >= 11 is 0. The van der Waals surface area contributed by atoms with Gasteiger partial charge in [-0.05, 0) is 46.0 Å². The number of hydrogen-bond donors (Lipinski definition) is 2. The molecule has 3 nitrogen and oxygen atoms in total. The maximum atomic E-state index is 12.1. The monoisotopic (exact) mass is 256 g/mol. The van der Waals surface area contributed by atoms with E-state index < -0.39 is 0 Å². The van der Waals surface area contributed by atoms with Crippen LogP contribution in [0, 0.1) is 5.41 Å². The maximum absolute atomic E-state index is 12.1. The molecule has 0 aliphatic carbocycles. The smallest absolute Gasteiger partial charge is 0.220 e. The lowest BCUT2D eigenvalue weighted by Crippen LogP contribution is -2.45. The summed E-state index contributed by atoms with van der Waals surface area (Å²) in [5.41, 5.74) is 5.63. The molecule has 3 heteroatoms. The van der Waals surface area contributed by atoms with E-state index in [1.807, 2.05) is 13.8 Å². The van der Waals surface area contributed by atoms with Crippen molar-refractivity contribution in [2.75, 3.05) is 0 Å². The Balaban J connectivity index is 4.39. The van der Waals surface area contributed by atoms with Crippen molar-refractivity contribution in [3.05, 3.63) is 0 Å². The van der Waals surface area contributed by atoms with Crippen LogP contribution >= 0.6 is 0 Å². The Morgan fingerprint density at radius 2 is 1.61 bits per heavy atom. The minimum Gasteiger partial charge on any atom is -0.351 e. The highest BCUT2D eigenvalue weighted by atomic mass is 16.1. The van der Waals surface area contributed by atoms with Crippen LogP contribution in [-0.4, -0.2) is 17.0 Å². The van der Waals surface area contributed by atoms with E-state index in [4.69, 9.17) is 5.73 Å². The Labute approximate surface area is 113 Å². The number of carbonyl (C=O) groups is 1. The molecule has 0 radical (unpaired) electrons. The summed E-state index contributed by atoms with van der Waals surface area (Å²) < 4.78 is 0. The Morgan fingerprint density at radius 1 is 1.11 bits per heavy atom. The summed E-state index contributed by atoms with van der Waals surface area (Å²) in [6, 6.07) is 0. The molecule has 0 aromatic carbocycles. The highest BCUT2D eigenvalue weighted by Crippen LogP contribution is 2.30. The number of carbonyl (C=O) groups excluding carboxylic acids is 1. The van der Waals surface area contributed by atoms with E-state index in [1.165, 1.54) is 0 Å². The average Bonchev–Trinajstić information content (AvgIpc) is 1.93. The van der Waals surface area contributed by atoms with E-state index in [2.05, 4.69) is 39.9 Å². The van der Waals surface area contributed by atoms with Gasteiger partial charge in [-0.1, -0.05) is 27.2 Å². The van der Waals surface area contributed by atoms with Crippen molar-refractivity contribution in [2.45, 2.75) is 85.2 Å². The molecular formula is C15H32N2O. The fraction of sp³-hybridized carbons (Fsp3) is 0.933. The van der Waals surface area contributed by atoms with Crippen LogP contribution < -0.4 is 11.1 Å². The molecule has 0 unspecified atom stereocenters. The lowest BCUT2D eigenvalue weighted by atomic mass is 9.78. The molecule has 0 rings (SSSR count). The van der Waals surface area contributed by atoms with Crippen LogP contribution in [0.1, 0.15) is 74.1 Å². The topological polar surface area (TPSA) is 55.1 Å². The zero-order valence-corrected chi connectivity index (χ0v) is 13.3. The molecule has 1 amide bonds. The van der Waals surface area contributed by atoms with Gasteiger partial charge in [-0.3, -0.25) is 4.79 Å². The molecule has 0 heterocycles. The van der Waals surface area contributed by atoms with Crippen molar-refractivity contribution in [2.24, 2.45) is 11.1 Å². The second kappa shape index (κ2) is 6.05. The molecule has 18 heavy (non-hydrogen) atoms. The van der Waals surface area contributed by atoms with Crippen molar-refractivity contribution in [3.8, 4) is 0 Å². The largest absolute Gasteiger partial charge is 0.351 e. The Hall–Kier alpha value is -0.570. The average molecular weight is 256 g/mol. The summed E-state index contributed by atoms with van der Waals surface area (Å²) in [5, 5.41) is 3.12. The van der Waals surface area contributed by atoms with Crippen molar-refractivity contribution >= 4 is 5.91 Å². The van der Waals surface area contributed by atoms with Crippen molar-refractivity contribution in [3.63, 3.8) is 0 Å². The fourth-order valence-electron chi connectivity index (χ4n) is 2.84. The molecule has 0 aliphatic heterocycles. The van der Waals surface area contributed by atoms with Crippen LogP contribution in [0.4, 0.5) is 0 Å². The van der Waals surface area contributed by atoms with Gasteiger partial charge in [-0.2, -0.15) is 0 Å². The second-order valence-corrected chi connectivity index (χ2v) is 7.69. The Morgan fingerprint density at radius 3 is 2.00 bits per heavy atom. The van der Waals surface area contributed by atoms with Crippen molar-refractivity contribution in [1.29, 1.82) is 0 Å². The Bertz CT molecular complexity index is 275. The number of rotatable bonds is 7. The van der Waals surface area contributed by atoms with Gasteiger partial charge in [0.2, 0.25) is 5.91 Å². The third-order valence-corrected chi connectivity index (χ3v) is 2.93. The van der Waals surface area contributed by atoms with Crippen molar-refractivity contribution < 1.29 is 4.79 Å². The van der Waals surface area contributed by atoms with Gasteiger partial charge < -0.3 is 11.1 Å². The second-order valence-electron chi connectivity index (χ2n) is 7.69. The van der Waals surface area contributed by atoms with Crippen LogP contribution in [0.2, 0.25) is 0 Å². The zero-order valence-electron chi connectivity index (χ0n) is 13.3. The number of amides is 1. The van der Waals surface area contributed by atoms with Crippen LogP contribution in [0.25, 0.3) is 0 Å². The van der Waals surface area contributed by atoms with Gasteiger partial charge in [0.25, 0.3) is 0 Å². The molecule has 3 N–H and O–H groups in total. The van der Waals surface area contributed by atoms with Gasteiger partial charge in [0.05, 0.1) is 0 Å². The quantitative estimate of drug-likeness (QED) is 0.735. The van der Waals surface area contributed by atoms with E-state index in [0.29, 0.717) is 6.42 Å². The molecule has 0 spiro atoms. The fourth-order valence-corrected chi connectivity index (χ4v) is 2.84. The molecule has 0 saturated carbocycles. The Kier molecular flexibility index (Phi) is 5.86. The number of hydrogen-bond acceptors (Lipinski definition) is 2. The maximum Gasteiger partial charge on any atom is 0.220 e. The first-order valence-electron chi connectivity index (χ1n) is 6.97. The van der Waals surface area contributed by atoms with Gasteiger partial charge in [0.15, 0.2) is 0 Å². The standard InChI is InChI=1S/C15H32N2O/c1-8-9-15(6,7)17-12(18)10-13(2,3)11-14(4,5)16/h8-11,16H2,1-7H3,(H,17,18). The number of nitrogens with two attached hydrogens (primary N) is 1. The van der Waals surface area contributed by atoms with E-state index in [1.54, 1.807) is 0 Å². The van der Waals surface area contributed by atoms with Crippen molar-refractivity contribution in [1.82, 2.24) is 5.32 Å². The molecule has 0 fully saturated rings. The van der Waals surface area contributed by atoms with E-state index in [-0.39, 0.29) is 22.4 Å². The molecule has 0 bridgehead atoms. The van der Waals surface area contributed by atoms with E-state index in [9.17, 15) is 4.79 Å². The van der Waals surface area contributed by atoms with E-state index >= 15 is 0 Å². The van der Waals surface area contributed by atoms with Gasteiger partial charge in [0.1, 0.15) is 0 Å². The molecule has 0 aromatic heterocycles. The van der Waals surface area contributed by atoms with Gasteiger partial charge in [-0.25, -0.2) is 0 Å².